The summed E-state index contributed by atoms with van der Waals surface area (Å²) in [6.07, 6.45) is 0.944. The minimum atomic E-state index is -0.384. The molecule has 18 heavy (non-hydrogen) atoms. The minimum absolute atomic E-state index is 0.166. The molecule has 0 bridgehead atoms. The van der Waals surface area contributed by atoms with E-state index in [1.807, 2.05) is 0 Å². The first-order chi connectivity index (χ1) is 8.70. The van der Waals surface area contributed by atoms with E-state index in [0.29, 0.717) is 6.54 Å². The number of hydrogen-bond acceptors (Lipinski definition) is 3. The van der Waals surface area contributed by atoms with Crippen LogP contribution in [0.15, 0.2) is 24.3 Å². The second-order valence-corrected chi connectivity index (χ2v) is 4.72. The van der Waals surface area contributed by atoms with Crippen LogP contribution >= 0.6 is 0 Å². The molecule has 0 saturated carbocycles. The van der Waals surface area contributed by atoms with Gasteiger partial charge < -0.3 is 14.9 Å². The Hall–Kier alpha value is -1.55. The SMILES string of the molecule is Cc1ccc(N2CCCN(C(=O)CO)CC2)cc1. The Morgan fingerprint density at radius 2 is 1.89 bits per heavy atom. The van der Waals surface area contributed by atoms with E-state index in [1.54, 1.807) is 4.90 Å². The summed E-state index contributed by atoms with van der Waals surface area (Å²) in [5, 5.41) is 8.89. The molecule has 1 amide bonds. The number of carbonyl (C=O) groups excluding carboxylic acids is 1. The van der Waals surface area contributed by atoms with E-state index < -0.39 is 0 Å². The number of nitrogens with zero attached hydrogens (tertiary/aromatic N) is 2. The van der Waals surface area contributed by atoms with Gasteiger partial charge in [-0.25, -0.2) is 0 Å². The molecule has 0 spiro atoms. The average molecular weight is 248 g/mol. The van der Waals surface area contributed by atoms with Gasteiger partial charge in [-0.05, 0) is 25.5 Å². The predicted octanol–water partition coefficient (Wildman–Crippen LogP) is 1.03. The van der Waals surface area contributed by atoms with Crippen molar-refractivity contribution in [3.05, 3.63) is 29.8 Å². The first-order valence-corrected chi connectivity index (χ1v) is 6.41. The fourth-order valence-electron chi connectivity index (χ4n) is 2.28. The Morgan fingerprint density at radius 1 is 1.17 bits per heavy atom. The van der Waals surface area contributed by atoms with Crippen LogP contribution in [0, 0.1) is 6.92 Å². The molecular weight excluding hydrogens is 228 g/mol. The molecule has 1 heterocycles. The van der Waals surface area contributed by atoms with Crippen molar-refractivity contribution in [2.75, 3.05) is 37.7 Å². The predicted molar refractivity (Wildman–Crippen MR) is 71.7 cm³/mol. The Morgan fingerprint density at radius 3 is 2.56 bits per heavy atom. The molecule has 1 aliphatic rings. The molecule has 2 rings (SSSR count). The van der Waals surface area contributed by atoms with Gasteiger partial charge in [0.1, 0.15) is 6.61 Å². The number of amides is 1. The zero-order valence-electron chi connectivity index (χ0n) is 10.8. The molecule has 1 N–H and O–H groups in total. The second-order valence-electron chi connectivity index (χ2n) is 4.72. The second kappa shape index (κ2) is 5.87. The number of rotatable bonds is 2. The normalized spacial score (nSPS) is 16.6. The van der Waals surface area contributed by atoms with Crippen LogP contribution in [0.25, 0.3) is 0 Å². The number of aliphatic hydroxyl groups is 1. The number of hydrogen-bond donors (Lipinski definition) is 1. The summed E-state index contributed by atoms with van der Waals surface area (Å²) < 4.78 is 0. The highest BCUT2D eigenvalue weighted by Crippen LogP contribution is 2.17. The van der Waals surface area contributed by atoms with Crippen LogP contribution in [0.5, 0.6) is 0 Å². The van der Waals surface area contributed by atoms with Gasteiger partial charge >= 0.3 is 0 Å². The fraction of sp³-hybridized carbons (Fsp3) is 0.500. The van der Waals surface area contributed by atoms with Crippen LogP contribution in [0.4, 0.5) is 5.69 Å². The molecule has 1 saturated heterocycles. The molecule has 4 nitrogen and oxygen atoms in total. The van der Waals surface area contributed by atoms with Gasteiger partial charge in [0.05, 0.1) is 0 Å². The maximum Gasteiger partial charge on any atom is 0.248 e. The summed E-state index contributed by atoms with van der Waals surface area (Å²) in [5.41, 5.74) is 2.46. The topological polar surface area (TPSA) is 43.8 Å². The van der Waals surface area contributed by atoms with E-state index in [4.69, 9.17) is 5.11 Å². The summed E-state index contributed by atoms with van der Waals surface area (Å²) in [6.45, 7) is 4.90. The van der Waals surface area contributed by atoms with Gasteiger partial charge in [0.2, 0.25) is 5.91 Å². The van der Waals surface area contributed by atoms with Gasteiger partial charge in [-0.15, -0.1) is 0 Å². The lowest BCUT2D eigenvalue weighted by atomic mass is 10.2. The quantitative estimate of drug-likeness (QED) is 0.850. The molecular formula is C14H20N2O2. The van der Waals surface area contributed by atoms with Crippen molar-refractivity contribution in [3.8, 4) is 0 Å². The molecule has 0 atom stereocenters. The van der Waals surface area contributed by atoms with Crippen LogP contribution in [-0.4, -0.2) is 48.7 Å². The van der Waals surface area contributed by atoms with Gasteiger partial charge in [0.25, 0.3) is 0 Å². The summed E-state index contributed by atoms with van der Waals surface area (Å²) >= 11 is 0. The van der Waals surface area contributed by atoms with Gasteiger partial charge in [0.15, 0.2) is 0 Å². The third kappa shape index (κ3) is 3.01. The van der Waals surface area contributed by atoms with Gasteiger partial charge in [-0.3, -0.25) is 4.79 Å². The lowest BCUT2D eigenvalue weighted by Crippen LogP contribution is -2.36. The Labute approximate surface area is 108 Å². The Balaban J connectivity index is 2.00. The Bertz CT molecular complexity index is 403. The minimum Gasteiger partial charge on any atom is -0.387 e. The molecule has 1 fully saturated rings. The molecule has 0 aliphatic carbocycles. The van der Waals surface area contributed by atoms with Crippen molar-refractivity contribution in [2.45, 2.75) is 13.3 Å². The van der Waals surface area contributed by atoms with E-state index in [-0.39, 0.29) is 12.5 Å². The first kappa shape index (κ1) is 12.9. The average Bonchev–Trinajstić information content (AvgIpc) is 2.64. The lowest BCUT2D eigenvalue weighted by molar-refractivity contribution is -0.133. The maximum atomic E-state index is 11.5. The monoisotopic (exact) mass is 248 g/mol. The Kier molecular flexibility index (Phi) is 4.20. The van der Waals surface area contributed by atoms with Crippen LogP contribution in [0.1, 0.15) is 12.0 Å². The van der Waals surface area contributed by atoms with Crippen molar-refractivity contribution in [1.29, 1.82) is 0 Å². The molecule has 98 valence electrons. The highest BCUT2D eigenvalue weighted by Gasteiger charge is 2.18. The summed E-state index contributed by atoms with van der Waals surface area (Å²) in [4.78, 5) is 15.5. The molecule has 0 radical (unpaired) electrons. The zero-order chi connectivity index (χ0) is 13.0. The van der Waals surface area contributed by atoms with Crippen molar-refractivity contribution in [2.24, 2.45) is 0 Å². The van der Waals surface area contributed by atoms with Gasteiger partial charge in [-0.2, -0.15) is 0 Å². The number of benzene rings is 1. The molecule has 4 heteroatoms. The molecule has 0 unspecified atom stereocenters. The molecule has 1 aliphatic heterocycles. The lowest BCUT2D eigenvalue weighted by Gasteiger charge is -2.23. The zero-order valence-corrected chi connectivity index (χ0v) is 10.8. The van der Waals surface area contributed by atoms with Crippen molar-refractivity contribution >= 4 is 11.6 Å². The number of aliphatic hydroxyl groups excluding tert-OH is 1. The summed E-state index contributed by atoms with van der Waals surface area (Å²) in [6, 6.07) is 8.46. The largest absolute Gasteiger partial charge is 0.387 e. The standard InChI is InChI=1S/C14H20N2O2/c1-12-3-5-13(6-4-12)15-7-2-8-16(10-9-15)14(18)11-17/h3-6,17H,2,7-11H2,1H3. The van der Waals surface area contributed by atoms with E-state index in [9.17, 15) is 4.79 Å². The molecule has 0 aromatic heterocycles. The fourth-order valence-corrected chi connectivity index (χ4v) is 2.28. The van der Waals surface area contributed by atoms with Crippen LogP contribution in [0.3, 0.4) is 0 Å². The van der Waals surface area contributed by atoms with Crippen LogP contribution in [-0.2, 0) is 4.79 Å². The van der Waals surface area contributed by atoms with Gasteiger partial charge in [0, 0.05) is 31.9 Å². The number of aryl methyl sites for hydroxylation is 1. The van der Waals surface area contributed by atoms with E-state index >= 15 is 0 Å². The number of anilines is 1. The van der Waals surface area contributed by atoms with Crippen molar-refractivity contribution in [1.82, 2.24) is 4.90 Å². The maximum absolute atomic E-state index is 11.5. The third-order valence-corrected chi connectivity index (χ3v) is 3.38. The van der Waals surface area contributed by atoms with E-state index in [0.717, 1.165) is 26.1 Å². The van der Waals surface area contributed by atoms with Gasteiger partial charge in [-0.1, -0.05) is 17.7 Å². The van der Waals surface area contributed by atoms with Crippen LogP contribution < -0.4 is 4.90 Å². The third-order valence-electron chi connectivity index (χ3n) is 3.38. The van der Waals surface area contributed by atoms with E-state index in [1.165, 1.54) is 11.3 Å². The molecule has 1 aromatic rings. The summed E-state index contributed by atoms with van der Waals surface area (Å²) in [5.74, 6) is -0.166. The summed E-state index contributed by atoms with van der Waals surface area (Å²) in [7, 11) is 0. The number of carbonyl (C=O) groups is 1. The highest BCUT2D eigenvalue weighted by molar-refractivity contribution is 5.77. The van der Waals surface area contributed by atoms with E-state index in [2.05, 4.69) is 36.1 Å². The highest BCUT2D eigenvalue weighted by atomic mass is 16.3. The van der Waals surface area contributed by atoms with Crippen molar-refractivity contribution < 1.29 is 9.90 Å². The first-order valence-electron chi connectivity index (χ1n) is 6.41. The van der Waals surface area contributed by atoms with Crippen LogP contribution in [0.2, 0.25) is 0 Å². The smallest absolute Gasteiger partial charge is 0.248 e. The van der Waals surface area contributed by atoms with Crippen molar-refractivity contribution in [3.63, 3.8) is 0 Å². The molecule has 1 aromatic carbocycles.